The van der Waals surface area contributed by atoms with Crippen LogP contribution >= 0.6 is 0 Å². The van der Waals surface area contributed by atoms with E-state index in [-0.39, 0.29) is 5.91 Å². The Morgan fingerprint density at radius 2 is 1.46 bits per heavy atom. The van der Waals surface area contributed by atoms with Crippen molar-refractivity contribution in [1.29, 1.82) is 0 Å². The van der Waals surface area contributed by atoms with Crippen LogP contribution in [-0.2, 0) is 9.59 Å². The van der Waals surface area contributed by atoms with Gasteiger partial charge < -0.3 is 5.73 Å². The molecular weight excluding hydrogens is 300 g/mol. The molecule has 2 amide bonds. The highest BCUT2D eigenvalue weighted by molar-refractivity contribution is 6.09. The zero-order valence-corrected chi connectivity index (χ0v) is 14.5. The summed E-state index contributed by atoms with van der Waals surface area (Å²) in [5, 5.41) is 0. The van der Waals surface area contributed by atoms with Crippen molar-refractivity contribution in [3.63, 3.8) is 0 Å². The van der Waals surface area contributed by atoms with E-state index in [9.17, 15) is 9.59 Å². The Labute approximate surface area is 142 Å². The number of carbonyl (C=O) groups excluding carboxylic acids is 2. The van der Waals surface area contributed by atoms with Crippen LogP contribution in [-0.4, -0.2) is 11.8 Å². The third-order valence-corrected chi connectivity index (χ3v) is 3.82. The van der Waals surface area contributed by atoms with Crippen LogP contribution in [0, 0.1) is 27.7 Å². The largest absolute Gasteiger partial charge is 0.366 e. The number of anilines is 2. The minimum absolute atomic E-state index is 0.318. The molecule has 0 spiro atoms. The Morgan fingerprint density at radius 3 is 2.00 bits per heavy atom. The molecule has 0 heterocycles. The number of benzene rings is 2. The van der Waals surface area contributed by atoms with Gasteiger partial charge in [-0.2, -0.15) is 0 Å². The molecule has 24 heavy (non-hydrogen) atoms. The fourth-order valence-corrected chi connectivity index (χ4v) is 2.58. The van der Waals surface area contributed by atoms with Crippen molar-refractivity contribution in [2.24, 2.45) is 5.73 Å². The molecule has 0 fully saturated rings. The van der Waals surface area contributed by atoms with E-state index in [1.165, 1.54) is 6.08 Å². The van der Waals surface area contributed by atoms with Crippen molar-refractivity contribution in [2.75, 3.05) is 4.90 Å². The lowest BCUT2D eigenvalue weighted by atomic mass is 10.1. The first-order valence-corrected chi connectivity index (χ1v) is 7.75. The second-order valence-corrected chi connectivity index (χ2v) is 6.02. The van der Waals surface area contributed by atoms with Gasteiger partial charge in [-0.15, -0.1) is 0 Å². The smallest absolute Gasteiger partial charge is 0.255 e. The summed E-state index contributed by atoms with van der Waals surface area (Å²) in [7, 11) is 0. The number of carbonyl (C=O) groups is 2. The Bertz CT molecular complexity index is 802. The first-order valence-electron chi connectivity index (χ1n) is 7.75. The molecule has 0 bridgehead atoms. The lowest BCUT2D eigenvalue weighted by molar-refractivity contribution is -0.115. The van der Waals surface area contributed by atoms with Crippen molar-refractivity contribution in [3.8, 4) is 0 Å². The fourth-order valence-electron chi connectivity index (χ4n) is 2.58. The average molecular weight is 322 g/mol. The third kappa shape index (κ3) is 4.10. The molecule has 0 unspecified atom stereocenters. The summed E-state index contributed by atoms with van der Waals surface area (Å²) < 4.78 is 0. The van der Waals surface area contributed by atoms with Crippen LogP contribution in [0.15, 0.2) is 48.6 Å². The van der Waals surface area contributed by atoms with Crippen LogP contribution in [0.4, 0.5) is 11.4 Å². The summed E-state index contributed by atoms with van der Waals surface area (Å²) in [6, 6.07) is 11.8. The van der Waals surface area contributed by atoms with Gasteiger partial charge in [-0.3, -0.25) is 14.5 Å². The highest BCUT2D eigenvalue weighted by atomic mass is 16.2. The van der Waals surface area contributed by atoms with Crippen molar-refractivity contribution in [3.05, 3.63) is 70.8 Å². The number of hydrogen-bond donors (Lipinski definition) is 1. The topological polar surface area (TPSA) is 63.4 Å². The summed E-state index contributed by atoms with van der Waals surface area (Å²) in [6.45, 7) is 7.99. The Balaban J connectivity index is 2.57. The van der Waals surface area contributed by atoms with Gasteiger partial charge in [0.05, 0.1) is 0 Å². The zero-order chi connectivity index (χ0) is 17.9. The number of aryl methyl sites for hydroxylation is 4. The van der Waals surface area contributed by atoms with E-state index in [0.29, 0.717) is 0 Å². The Kier molecular flexibility index (Phi) is 5.19. The molecule has 2 aromatic carbocycles. The van der Waals surface area contributed by atoms with Crippen LogP contribution in [0.3, 0.4) is 0 Å². The van der Waals surface area contributed by atoms with Crippen LogP contribution in [0.5, 0.6) is 0 Å². The molecule has 0 aromatic heterocycles. The molecule has 2 rings (SSSR count). The molecule has 124 valence electrons. The Morgan fingerprint density at radius 1 is 0.833 bits per heavy atom. The van der Waals surface area contributed by atoms with Crippen LogP contribution in [0.25, 0.3) is 0 Å². The minimum Gasteiger partial charge on any atom is -0.366 e. The van der Waals surface area contributed by atoms with E-state index in [2.05, 4.69) is 0 Å². The van der Waals surface area contributed by atoms with Gasteiger partial charge in [0.1, 0.15) is 0 Å². The van der Waals surface area contributed by atoms with E-state index < -0.39 is 5.91 Å². The summed E-state index contributed by atoms with van der Waals surface area (Å²) >= 11 is 0. The number of rotatable bonds is 4. The van der Waals surface area contributed by atoms with E-state index in [1.807, 2.05) is 64.1 Å². The molecule has 0 radical (unpaired) electrons. The molecule has 4 heteroatoms. The van der Waals surface area contributed by atoms with Gasteiger partial charge in [0, 0.05) is 23.5 Å². The van der Waals surface area contributed by atoms with Crippen molar-refractivity contribution in [1.82, 2.24) is 0 Å². The molecule has 0 saturated heterocycles. The summed E-state index contributed by atoms with van der Waals surface area (Å²) in [4.78, 5) is 25.3. The predicted octanol–water partition coefficient (Wildman–Crippen LogP) is 3.63. The molecule has 0 aliphatic rings. The molecule has 0 atom stereocenters. The molecule has 0 aliphatic heterocycles. The average Bonchev–Trinajstić information content (AvgIpc) is 2.48. The van der Waals surface area contributed by atoms with Crippen molar-refractivity contribution in [2.45, 2.75) is 27.7 Å². The van der Waals surface area contributed by atoms with Gasteiger partial charge in [0.15, 0.2) is 0 Å². The van der Waals surface area contributed by atoms with E-state index in [0.717, 1.165) is 39.7 Å². The number of hydrogen-bond acceptors (Lipinski definition) is 2. The summed E-state index contributed by atoms with van der Waals surface area (Å²) in [6.07, 6.45) is 2.29. The van der Waals surface area contributed by atoms with Gasteiger partial charge in [0.2, 0.25) is 5.91 Å². The molecule has 0 saturated carbocycles. The van der Waals surface area contributed by atoms with E-state index in [4.69, 9.17) is 5.73 Å². The highest BCUT2D eigenvalue weighted by Gasteiger charge is 2.17. The van der Waals surface area contributed by atoms with Crippen molar-refractivity contribution < 1.29 is 9.59 Å². The molecule has 0 aliphatic carbocycles. The van der Waals surface area contributed by atoms with E-state index in [1.54, 1.807) is 4.90 Å². The van der Waals surface area contributed by atoms with Crippen molar-refractivity contribution >= 4 is 23.2 Å². The van der Waals surface area contributed by atoms with Gasteiger partial charge in [-0.25, -0.2) is 0 Å². The molecule has 2 N–H and O–H groups in total. The van der Waals surface area contributed by atoms with Crippen LogP contribution in [0.2, 0.25) is 0 Å². The fraction of sp³-hybridized carbons (Fsp3) is 0.200. The number of amides is 2. The number of primary amides is 1. The maximum absolute atomic E-state index is 12.7. The lowest BCUT2D eigenvalue weighted by Gasteiger charge is -2.23. The van der Waals surface area contributed by atoms with Crippen LogP contribution in [0.1, 0.15) is 22.3 Å². The second kappa shape index (κ2) is 7.13. The molecular formula is C20H22N2O2. The van der Waals surface area contributed by atoms with Crippen LogP contribution < -0.4 is 10.6 Å². The first-order chi connectivity index (χ1) is 11.3. The highest BCUT2D eigenvalue weighted by Crippen LogP contribution is 2.29. The van der Waals surface area contributed by atoms with E-state index >= 15 is 0 Å². The zero-order valence-electron chi connectivity index (χ0n) is 14.5. The maximum atomic E-state index is 12.7. The maximum Gasteiger partial charge on any atom is 0.255 e. The standard InChI is InChI=1S/C20H22N2O2/c1-13-9-14(2)11-18(10-13)22(20(24)8-7-19(21)23)17-6-5-15(3)16(4)12-17/h5-12H,1-4H3,(H2,21,23). The number of nitrogens with two attached hydrogens (primary N) is 1. The SMILES string of the molecule is Cc1cc(C)cc(N(C(=O)C=CC(N)=O)c2ccc(C)c(C)c2)c1. The van der Waals surface area contributed by atoms with Gasteiger partial charge in [-0.05, 0) is 74.2 Å². The van der Waals surface area contributed by atoms with Gasteiger partial charge >= 0.3 is 0 Å². The first kappa shape index (κ1) is 17.5. The Hall–Kier alpha value is -2.88. The quantitative estimate of drug-likeness (QED) is 0.874. The van der Waals surface area contributed by atoms with Gasteiger partial charge in [0.25, 0.3) is 5.91 Å². The normalized spacial score (nSPS) is 10.8. The lowest BCUT2D eigenvalue weighted by Crippen LogP contribution is -2.24. The molecule has 4 nitrogen and oxygen atoms in total. The second-order valence-electron chi connectivity index (χ2n) is 6.02. The van der Waals surface area contributed by atoms with Gasteiger partial charge in [-0.1, -0.05) is 12.1 Å². The third-order valence-electron chi connectivity index (χ3n) is 3.82. The monoisotopic (exact) mass is 322 g/mol. The predicted molar refractivity (Wildman–Crippen MR) is 97.3 cm³/mol. The summed E-state index contributed by atoms with van der Waals surface area (Å²) in [5.41, 5.74) is 11.0. The molecule has 2 aromatic rings. The number of nitrogens with zero attached hydrogens (tertiary/aromatic N) is 1. The minimum atomic E-state index is -0.649. The summed E-state index contributed by atoms with van der Waals surface area (Å²) in [5.74, 6) is -0.967.